The Hall–Kier alpha value is -3.59. The van der Waals surface area contributed by atoms with E-state index in [1.807, 2.05) is 12.1 Å². The van der Waals surface area contributed by atoms with Gasteiger partial charge in [0.05, 0.1) is 16.6 Å². The topological polar surface area (TPSA) is 92.3 Å². The third-order valence-electron chi connectivity index (χ3n) is 8.92. The normalized spacial score (nSPS) is 26.6. The van der Waals surface area contributed by atoms with Crippen molar-refractivity contribution in [3.05, 3.63) is 54.1 Å². The zero-order valence-corrected chi connectivity index (χ0v) is 22.0. The van der Waals surface area contributed by atoms with Crippen LogP contribution in [0.5, 0.6) is 6.01 Å². The van der Waals surface area contributed by atoms with Crippen LogP contribution in [0.2, 0.25) is 0 Å². The summed E-state index contributed by atoms with van der Waals surface area (Å²) in [5.41, 5.74) is 5.22. The van der Waals surface area contributed by atoms with Crippen LogP contribution >= 0.6 is 0 Å². The van der Waals surface area contributed by atoms with Crippen molar-refractivity contribution in [3.8, 4) is 17.3 Å². The van der Waals surface area contributed by atoms with Gasteiger partial charge in [-0.25, -0.2) is 9.37 Å². The Kier molecular flexibility index (Phi) is 5.99. The van der Waals surface area contributed by atoms with Gasteiger partial charge in [-0.05, 0) is 73.4 Å². The van der Waals surface area contributed by atoms with Gasteiger partial charge in [-0.1, -0.05) is 24.8 Å². The molecule has 2 N–H and O–H groups in total. The number of benzene rings is 1. The predicted octanol–water partition coefficient (Wildman–Crippen LogP) is 4.02. The fraction of sp³-hybridized carbons (Fsp3) is 0.467. The van der Waals surface area contributed by atoms with Crippen molar-refractivity contribution in [2.75, 3.05) is 38.1 Å². The molecule has 4 aliphatic rings. The number of ether oxygens (including phenoxy) is 1. The highest BCUT2D eigenvalue weighted by atomic mass is 19.1. The molecule has 3 fully saturated rings. The minimum Gasteiger partial charge on any atom is -0.461 e. The SMILES string of the molecule is C=CC(=O)NCCNc1nc(OCC23CCCN2C[C@H](F)C3)nc2nc(-c3cccc4c3C3CC3C4)ccc12. The van der Waals surface area contributed by atoms with Crippen molar-refractivity contribution in [2.24, 2.45) is 5.92 Å². The number of hydrogen-bond donors (Lipinski definition) is 2. The Morgan fingerprint density at radius 3 is 3.05 bits per heavy atom. The number of anilines is 1. The molecule has 2 aliphatic carbocycles. The van der Waals surface area contributed by atoms with Gasteiger partial charge in [-0.2, -0.15) is 9.97 Å². The Bertz CT molecular complexity index is 1460. The zero-order chi connectivity index (χ0) is 26.6. The average Bonchev–Trinajstić information content (AvgIpc) is 3.27. The van der Waals surface area contributed by atoms with Crippen molar-refractivity contribution in [3.63, 3.8) is 0 Å². The molecule has 4 heterocycles. The van der Waals surface area contributed by atoms with Gasteiger partial charge in [0.25, 0.3) is 0 Å². The van der Waals surface area contributed by atoms with E-state index in [1.54, 1.807) is 0 Å². The highest BCUT2D eigenvalue weighted by Gasteiger charge is 2.49. The molecule has 1 aromatic carbocycles. The van der Waals surface area contributed by atoms with E-state index in [9.17, 15) is 9.18 Å². The van der Waals surface area contributed by atoms with Crippen LogP contribution in [0.25, 0.3) is 22.3 Å². The number of rotatable bonds is 9. The molecule has 2 aromatic heterocycles. The highest BCUT2D eigenvalue weighted by molar-refractivity contribution is 5.89. The summed E-state index contributed by atoms with van der Waals surface area (Å²) in [6.07, 6.45) is 5.31. The summed E-state index contributed by atoms with van der Waals surface area (Å²) < 4.78 is 20.5. The number of carbonyl (C=O) groups excluding carboxylic acids is 1. The van der Waals surface area contributed by atoms with Gasteiger partial charge in [0.2, 0.25) is 5.91 Å². The summed E-state index contributed by atoms with van der Waals surface area (Å²) in [6.45, 7) is 6.08. The van der Waals surface area contributed by atoms with Gasteiger partial charge in [0, 0.05) is 31.6 Å². The van der Waals surface area contributed by atoms with Gasteiger partial charge >= 0.3 is 6.01 Å². The van der Waals surface area contributed by atoms with Gasteiger partial charge in [0.15, 0.2) is 5.65 Å². The van der Waals surface area contributed by atoms with E-state index < -0.39 is 6.17 Å². The van der Waals surface area contributed by atoms with Crippen LogP contribution in [-0.4, -0.2) is 70.3 Å². The molecule has 3 unspecified atom stereocenters. The number of hydrogen-bond acceptors (Lipinski definition) is 7. The van der Waals surface area contributed by atoms with Gasteiger partial charge in [0.1, 0.15) is 18.6 Å². The monoisotopic (exact) mass is 528 g/mol. The summed E-state index contributed by atoms with van der Waals surface area (Å²) in [5.74, 6) is 1.81. The molecule has 4 atom stereocenters. The molecule has 39 heavy (non-hydrogen) atoms. The lowest BCUT2D eigenvalue weighted by Crippen LogP contribution is -2.43. The van der Waals surface area contributed by atoms with Crippen LogP contribution in [0.4, 0.5) is 10.2 Å². The first kappa shape index (κ1) is 24.5. The average molecular weight is 529 g/mol. The molecule has 0 radical (unpaired) electrons. The van der Waals surface area contributed by atoms with Crippen molar-refractivity contribution in [2.45, 2.75) is 49.7 Å². The zero-order valence-electron chi connectivity index (χ0n) is 22.0. The number of alkyl halides is 1. The van der Waals surface area contributed by atoms with Crippen LogP contribution in [0.15, 0.2) is 43.0 Å². The van der Waals surface area contributed by atoms with E-state index in [4.69, 9.17) is 14.7 Å². The fourth-order valence-corrected chi connectivity index (χ4v) is 6.99. The van der Waals surface area contributed by atoms with Crippen molar-refractivity contribution in [1.29, 1.82) is 0 Å². The second kappa shape index (κ2) is 9.55. The summed E-state index contributed by atoms with van der Waals surface area (Å²) in [7, 11) is 0. The van der Waals surface area contributed by atoms with Crippen LogP contribution in [-0.2, 0) is 11.2 Å². The number of aromatic nitrogens is 3. The molecule has 1 saturated carbocycles. The maximum atomic E-state index is 14.3. The maximum Gasteiger partial charge on any atom is 0.320 e. The molecule has 7 rings (SSSR count). The molecule has 0 spiro atoms. The molecule has 3 aromatic rings. The van der Waals surface area contributed by atoms with E-state index >= 15 is 0 Å². The van der Waals surface area contributed by atoms with Gasteiger partial charge in [-0.15, -0.1) is 0 Å². The Morgan fingerprint density at radius 2 is 2.15 bits per heavy atom. The van der Waals surface area contributed by atoms with E-state index in [1.165, 1.54) is 29.2 Å². The molecule has 1 amide bonds. The molecule has 9 heteroatoms. The summed E-state index contributed by atoms with van der Waals surface area (Å²) in [5, 5.41) is 6.86. The Labute approximate surface area is 227 Å². The lowest BCUT2D eigenvalue weighted by atomic mass is 9.95. The van der Waals surface area contributed by atoms with Crippen LogP contribution in [0.1, 0.15) is 42.7 Å². The van der Waals surface area contributed by atoms with Gasteiger partial charge in [-0.3, -0.25) is 9.69 Å². The quantitative estimate of drug-likeness (QED) is 0.320. The van der Waals surface area contributed by atoms with Crippen molar-refractivity contribution < 1.29 is 13.9 Å². The second-order valence-corrected chi connectivity index (χ2v) is 11.4. The number of carbonyl (C=O) groups is 1. The smallest absolute Gasteiger partial charge is 0.320 e. The summed E-state index contributed by atoms with van der Waals surface area (Å²) >= 11 is 0. The number of amides is 1. The number of halogens is 1. The molecular formula is C30H33FN6O2. The second-order valence-electron chi connectivity index (χ2n) is 11.4. The number of nitrogens with one attached hydrogen (secondary N) is 2. The number of pyridine rings is 1. The van der Waals surface area contributed by atoms with E-state index in [2.05, 4.69) is 45.3 Å². The van der Waals surface area contributed by atoms with E-state index in [0.717, 1.165) is 42.8 Å². The number of fused-ring (bicyclic) bond motifs is 5. The van der Waals surface area contributed by atoms with E-state index in [-0.39, 0.29) is 17.5 Å². The molecule has 202 valence electrons. The standard InChI is InChI=1S/C30H33FN6O2/c1-2-25(38)32-10-11-33-27-22-7-8-24(21-6-3-5-18-13-19-14-23(19)26(18)21)34-28(22)36-29(35-27)39-17-30-9-4-12-37(30)16-20(31)15-30/h2-3,5-8,19-20,23H,1,4,9-17H2,(H,32,38)(H,33,34,35,36)/t19?,20-,23?,30?/m1/s1. The molecule has 2 saturated heterocycles. The first-order chi connectivity index (χ1) is 19.0. The predicted molar refractivity (Wildman–Crippen MR) is 148 cm³/mol. The maximum absolute atomic E-state index is 14.3. The van der Waals surface area contributed by atoms with Crippen LogP contribution in [0.3, 0.4) is 0 Å². The van der Waals surface area contributed by atoms with Gasteiger partial charge < -0.3 is 15.4 Å². The molecule has 2 aliphatic heterocycles. The third kappa shape index (κ3) is 4.42. The molecular weight excluding hydrogens is 495 g/mol. The van der Waals surface area contributed by atoms with Crippen molar-refractivity contribution in [1.82, 2.24) is 25.2 Å². The number of nitrogens with zero attached hydrogens (tertiary/aromatic N) is 4. The molecule has 0 bridgehead atoms. The Balaban J connectivity index is 1.20. The highest BCUT2D eigenvalue weighted by Crippen LogP contribution is 2.58. The lowest BCUT2D eigenvalue weighted by molar-refractivity contribution is -0.116. The minimum atomic E-state index is -0.822. The minimum absolute atomic E-state index is 0.226. The largest absolute Gasteiger partial charge is 0.461 e. The fourth-order valence-electron chi connectivity index (χ4n) is 6.99. The van der Waals surface area contributed by atoms with Crippen LogP contribution < -0.4 is 15.4 Å². The summed E-state index contributed by atoms with van der Waals surface area (Å²) in [4.78, 5) is 28.2. The van der Waals surface area contributed by atoms with Crippen LogP contribution in [0, 0.1) is 5.92 Å². The summed E-state index contributed by atoms with van der Waals surface area (Å²) in [6, 6.07) is 10.8. The lowest BCUT2D eigenvalue weighted by Gasteiger charge is -2.30. The van der Waals surface area contributed by atoms with Crippen molar-refractivity contribution >= 4 is 22.8 Å². The molecule has 8 nitrogen and oxygen atoms in total. The third-order valence-corrected chi connectivity index (χ3v) is 8.92. The van der Waals surface area contributed by atoms with E-state index in [0.29, 0.717) is 50.0 Å². The Morgan fingerprint density at radius 1 is 1.23 bits per heavy atom. The first-order valence-electron chi connectivity index (χ1n) is 14.0. The first-order valence-corrected chi connectivity index (χ1v) is 14.0.